The van der Waals surface area contributed by atoms with Crippen molar-refractivity contribution in [1.29, 1.82) is 0 Å². The second-order valence-corrected chi connectivity index (χ2v) is 8.52. The molecule has 0 saturated carbocycles. The van der Waals surface area contributed by atoms with Gasteiger partial charge in [0.25, 0.3) is 0 Å². The van der Waals surface area contributed by atoms with E-state index in [9.17, 15) is 18.0 Å². The van der Waals surface area contributed by atoms with Crippen molar-refractivity contribution >= 4 is 27.5 Å². The molecule has 0 radical (unpaired) electrons. The van der Waals surface area contributed by atoms with Gasteiger partial charge in [0.05, 0.1) is 11.5 Å². The van der Waals surface area contributed by atoms with E-state index in [-0.39, 0.29) is 11.5 Å². The van der Waals surface area contributed by atoms with Gasteiger partial charge in [0.1, 0.15) is 19.3 Å². The Hall–Kier alpha value is -2.49. The minimum absolute atomic E-state index is 0.0676. The number of carbonyl (C=O) groups is 2. The number of anilines is 1. The Morgan fingerprint density at radius 2 is 1.92 bits per heavy atom. The number of sulfone groups is 1. The zero-order valence-electron chi connectivity index (χ0n) is 14.3. The fourth-order valence-corrected chi connectivity index (χ4v) is 4.44. The Kier molecular flexibility index (Phi) is 5.21. The molecular weight excluding hydrogens is 362 g/mol. The predicted octanol–water partition coefficient (Wildman–Crippen LogP) is 0.271. The van der Waals surface area contributed by atoms with Gasteiger partial charge in [0.15, 0.2) is 21.3 Å². The lowest BCUT2D eigenvalue weighted by molar-refractivity contribution is -0.117. The Morgan fingerprint density at radius 1 is 1.19 bits per heavy atom. The summed E-state index contributed by atoms with van der Waals surface area (Å²) in [6.07, 6.45) is 0.382. The highest BCUT2D eigenvalue weighted by Gasteiger charge is 2.29. The number of benzene rings is 1. The van der Waals surface area contributed by atoms with E-state index in [2.05, 4.69) is 16.0 Å². The number of amides is 3. The third-order valence-electron chi connectivity index (χ3n) is 4.12. The van der Waals surface area contributed by atoms with Gasteiger partial charge in [-0.25, -0.2) is 13.2 Å². The largest absolute Gasteiger partial charge is 0.486 e. The van der Waals surface area contributed by atoms with Gasteiger partial charge < -0.3 is 25.4 Å². The van der Waals surface area contributed by atoms with Crippen molar-refractivity contribution in [3.05, 3.63) is 18.2 Å². The molecule has 2 aliphatic heterocycles. The number of urea groups is 1. The molecule has 1 fully saturated rings. The second-order valence-electron chi connectivity index (χ2n) is 6.29. The molecule has 2 aliphatic rings. The van der Waals surface area contributed by atoms with Crippen LogP contribution in [0.1, 0.15) is 13.3 Å². The summed E-state index contributed by atoms with van der Waals surface area (Å²) in [7, 11) is -3.08. The van der Waals surface area contributed by atoms with Crippen LogP contribution in [0.25, 0.3) is 0 Å². The number of nitrogens with one attached hydrogen (secondary N) is 3. The average molecular weight is 383 g/mol. The third-order valence-corrected chi connectivity index (χ3v) is 5.89. The average Bonchev–Trinajstić information content (AvgIpc) is 2.93. The Labute approximate surface area is 151 Å². The molecule has 2 heterocycles. The zero-order valence-corrected chi connectivity index (χ0v) is 15.1. The number of carbonyl (C=O) groups excluding carboxylic acids is 2. The van der Waals surface area contributed by atoms with Crippen LogP contribution in [0.15, 0.2) is 18.2 Å². The van der Waals surface area contributed by atoms with Crippen LogP contribution in [-0.2, 0) is 14.6 Å². The van der Waals surface area contributed by atoms with Gasteiger partial charge in [-0.15, -0.1) is 0 Å². The quantitative estimate of drug-likeness (QED) is 0.686. The van der Waals surface area contributed by atoms with E-state index in [1.807, 2.05) is 0 Å². The summed E-state index contributed by atoms with van der Waals surface area (Å²) in [6, 6.07) is 3.24. The standard InChI is InChI=1S/C16H21N3O6S/c1-10(17-16(21)19-12-4-7-26(22,23)9-12)15(20)18-11-2-3-13-14(8-11)25-6-5-24-13/h2-3,8,10,12H,4-7,9H2,1H3,(H,18,20)(H2,17,19,21)/t10-,12+/m0/s1. The smallest absolute Gasteiger partial charge is 0.315 e. The molecule has 10 heteroatoms. The monoisotopic (exact) mass is 383 g/mol. The van der Waals surface area contributed by atoms with Gasteiger partial charge in [-0.3, -0.25) is 4.79 Å². The van der Waals surface area contributed by atoms with Crippen molar-refractivity contribution in [2.45, 2.75) is 25.4 Å². The van der Waals surface area contributed by atoms with Crippen molar-refractivity contribution in [3.63, 3.8) is 0 Å². The number of ether oxygens (including phenoxy) is 2. The van der Waals surface area contributed by atoms with Crippen molar-refractivity contribution in [1.82, 2.24) is 10.6 Å². The van der Waals surface area contributed by atoms with Crippen LogP contribution in [0, 0.1) is 0 Å². The number of hydrogen-bond acceptors (Lipinski definition) is 6. The number of hydrogen-bond donors (Lipinski definition) is 3. The minimum atomic E-state index is -3.08. The van der Waals surface area contributed by atoms with E-state index >= 15 is 0 Å². The van der Waals surface area contributed by atoms with Crippen molar-refractivity contribution in [2.75, 3.05) is 30.0 Å². The summed E-state index contributed by atoms with van der Waals surface area (Å²) < 4.78 is 33.7. The van der Waals surface area contributed by atoms with Crippen LogP contribution < -0.4 is 25.4 Å². The fraction of sp³-hybridized carbons (Fsp3) is 0.500. The van der Waals surface area contributed by atoms with Gasteiger partial charge in [0.2, 0.25) is 5.91 Å². The molecule has 3 N–H and O–H groups in total. The predicted molar refractivity (Wildman–Crippen MR) is 94.2 cm³/mol. The van der Waals surface area contributed by atoms with E-state index in [1.54, 1.807) is 25.1 Å². The summed E-state index contributed by atoms with van der Waals surface area (Å²) in [4.78, 5) is 24.2. The molecular formula is C16H21N3O6S. The third kappa shape index (κ3) is 4.57. The Morgan fingerprint density at radius 3 is 2.62 bits per heavy atom. The maximum atomic E-state index is 12.2. The van der Waals surface area contributed by atoms with Gasteiger partial charge in [-0.05, 0) is 25.5 Å². The minimum Gasteiger partial charge on any atom is -0.486 e. The highest BCUT2D eigenvalue weighted by molar-refractivity contribution is 7.91. The lowest BCUT2D eigenvalue weighted by atomic mass is 10.2. The fourth-order valence-electron chi connectivity index (χ4n) is 2.77. The molecule has 2 atom stereocenters. The molecule has 9 nitrogen and oxygen atoms in total. The molecule has 1 aromatic rings. The highest BCUT2D eigenvalue weighted by atomic mass is 32.2. The molecule has 0 unspecified atom stereocenters. The summed E-state index contributed by atoms with van der Waals surface area (Å²) in [5.74, 6) is 0.757. The van der Waals surface area contributed by atoms with Crippen molar-refractivity contribution in [3.8, 4) is 11.5 Å². The van der Waals surface area contributed by atoms with Crippen molar-refractivity contribution < 1.29 is 27.5 Å². The highest BCUT2D eigenvalue weighted by Crippen LogP contribution is 2.32. The summed E-state index contributed by atoms with van der Waals surface area (Å²) in [6.45, 7) is 2.47. The lowest BCUT2D eigenvalue weighted by Gasteiger charge is -2.20. The van der Waals surface area contributed by atoms with E-state index in [1.165, 1.54) is 0 Å². The maximum absolute atomic E-state index is 12.2. The van der Waals surface area contributed by atoms with Gasteiger partial charge in [0, 0.05) is 17.8 Å². The maximum Gasteiger partial charge on any atom is 0.315 e. The first kappa shape index (κ1) is 18.3. The molecule has 0 spiro atoms. The molecule has 0 bridgehead atoms. The van der Waals surface area contributed by atoms with Crippen LogP contribution in [0.4, 0.5) is 10.5 Å². The summed E-state index contributed by atoms with van der Waals surface area (Å²) in [5.41, 5.74) is 0.523. The SMILES string of the molecule is C[C@H](NC(=O)N[C@@H]1CCS(=O)(=O)C1)C(=O)Nc1ccc2c(c1)OCCO2. The Balaban J connectivity index is 1.50. The number of fused-ring (bicyclic) bond motifs is 1. The molecule has 1 saturated heterocycles. The normalized spacial score (nSPS) is 21.5. The zero-order chi connectivity index (χ0) is 18.7. The Bertz CT molecular complexity index is 810. The lowest BCUT2D eigenvalue weighted by Crippen LogP contribution is -2.49. The molecule has 26 heavy (non-hydrogen) atoms. The van der Waals surface area contributed by atoms with Gasteiger partial charge in [-0.2, -0.15) is 0 Å². The summed E-state index contributed by atoms with van der Waals surface area (Å²) in [5, 5.41) is 7.77. The van der Waals surface area contributed by atoms with Crippen LogP contribution >= 0.6 is 0 Å². The van der Waals surface area contributed by atoms with E-state index in [4.69, 9.17) is 9.47 Å². The topological polar surface area (TPSA) is 123 Å². The van der Waals surface area contributed by atoms with Crippen LogP contribution in [0.3, 0.4) is 0 Å². The summed E-state index contributed by atoms with van der Waals surface area (Å²) >= 11 is 0. The molecule has 142 valence electrons. The molecule has 3 amide bonds. The second kappa shape index (κ2) is 7.40. The van der Waals surface area contributed by atoms with E-state index in [0.717, 1.165) is 0 Å². The molecule has 3 rings (SSSR count). The van der Waals surface area contributed by atoms with E-state index in [0.29, 0.717) is 36.8 Å². The first-order chi connectivity index (χ1) is 12.3. The number of rotatable bonds is 4. The van der Waals surface area contributed by atoms with Crippen LogP contribution in [0.5, 0.6) is 11.5 Å². The van der Waals surface area contributed by atoms with Crippen LogP contribution in [-0.4, -0.2) is 57.2 Å². The van der Waals surface area contributed by atoms with Crippen molar-refractivity contribution in [2.24, 2.45) is 0 Å². The first-order valence-corrected chi connectivity index (χ1v) is 10.1. The van der Waals surface area contributed by atoms with Gasteiger partial charge >= 0.3 is 6.03 Å². The van der Waals surface area contributed by atoms with E-state index < -0.39 is 33.9 Å². The molecule has 0 aliphatic carbocycles. The molecule has 1 aromatic carbocycles. The molecule has 0 aromatic heterocycles. The van der Waals surface area contributed by atoms with Crippen LogP contribution in [0.2, 0.25) is 0 Å². The first-order valence-electron chi connectivity index (χ1n) is 8.30. The van der Waals surface area contributed by atoms with Gasteiger partial charge in [-0.1, -0.05) is 0 Å².